The van der Waals surface area contributed by atoms with Crippen LogP contribution in [-0.4, -0.2) is 33.6 Å². The van der Waals surface area contributed by atoms with Gasteiger partial charge in [0.2, 0.25) is 0 Å². The molecule has 0 saturated heterocycles. The molecule has 0 bridgehead atoms. The highest BCUT2D eigenvalue weighted by molar-refractivity contribution is 7.99. The maximum absolute atomic E-state index is 13.4. The highest BCUT2D eigenvalue weighted by Crippen LogP contribution is 2.34. The number of para-hydroxylation sites is 2. The van der Waals surface area contributed by atoms with Crippen molar-refractivity contribution in [1.82, 2.24) is 14.1 Å². The summed E-state index contributed by atoms with van der Waals surface area (Å²) in [5.41, 5.74) is 2.58. The molecule has 0 aliphatic heterocycles. The molecule has 4 aromatic rings. The number of rotatable bonds is 7. The number of aryl methyl sites for hydroxylation is 3. The first kappa shape index (κ1) is 20.5. The maximum Gasteiger partial charge on any atom is 0.419 e. The van der Waals surface area contributed by atoms with Crippen molar-refractivity contribution >= 4 is 44.4 Å². The Bertz CT molecular complexity index is 1370. The van der Waals surface area contributed by atoms with Gasteiger partial charge < -0.3 is 9.15 Å². The van der Waals surface area contributed by atoms with Crippen molar-refractivity contribution in [2.75, 3.05) is 19.5 Å². The van der Waals surface area contributed by atoms with E-state index in [1.54, 1.807) is 33.6 Å². The van der Waals surface area contributed by atoms with Crippen LogP contribution in [0, 0.1) is 0 Å². The molecule has 0 fully saturated rings. The molecular weight excluding hydrogens is 434 g/mol. The van der Waals surface area contributed by atoms with Gasteiger partial charge in [0.25, 0.3) is 5.56 Å². The van der Waals surface area contributed by atoms with Gasteiger partial charge in [0.1, 0.15) is 4.83 Å². The van der Waals surface area contributed by atoms with E-state index >= 15 is 0 Å². The average molecular weight is 458 g/mol. The SMILES string of the molecule is COCCn1c(SCCn2c(=O)oc3ccccc32)nc2sc3c(c2c1=O)CCCC3. The van der Waals surface area contributed by atoms with Gasteiger partial charge in [-0.3, -0.25) is 13.9 Å². The number of thiophene rings is 1. The Morgan fingerprint density at radius 2 is 2.00 bits per heavy atom. The molecule has 1 aromatic carbocycles. The topological polar surface area (TPSA) is 79.3 Å². The number of benzene rings is 1. The van der Waals surface area contributed by atoms with Crippen molar-refractivity contribution < 1.29 is 9.15 Å². The molecule has 1 aliphatic carbocycles. The second-order valence-corrected chi connectivity index (χ2v) is 9.72. The third-order valence-corrected chi connectivity index (χ3v) is 7.82. The van der Waals surface area contributed by atoms with Crippen LogP contribution < -0.4 is 11.3 Å². The zero-order valence-electron chi connectivity index (χ0n) is 17.3. The minimum absolute atomic E-state index is 0.0230. The molecule has 9 heteroatoms. The quantitative estimate of drug-likeness (QED) is 0.311. The smallest absolute Gasteiger partial charge is 0.408 e. The first-order valence-corrected chi connectivity index (χ1v) is 12.2. The molecule has 1 aliphatic rings. The van der Waals surface area contributed by atoms with Gasteiger partial charge in [0.05, 0.1) is 24.1 Å². The summed E-state index contributed by atoms with van der Waals surface area (Å²) in [5.74, 6) is 0.229. The fourth-order valence-corrected chi connectivity index (χ4v) is 6.42. The normalized spacial score (nSPS) is 13.8. The van der Waals surface area contributed by atoms with Gasteiger partial charge in [-0.05, 0) is 43.4 Å². The van der Waals surface area contributed by atoms with E-state index in [-0.39, 0.29) is 11.3 Å². The first-order valence-electron chi connectivity index (χ1n) is 10.4. The summed E-state index contributed by atoms with van der Waals surface area (Å²) in [7, 11) is 1.63. The van der Waals surface area contributed by atoms with Crippen LogP contribution in [0.3, 0.4) is 0 Å². The second-order valence-electron chi connectivity index (χ2n) is 7.57. The van der Waals surface area contributed by atoms with Crippen molar-refractivity contribution in [2.45, 2.75) is 43.9 Å². The summed E-state index contributed by atoms with van der Waals surface area (Å²) < 4.78 is 13.9. The number of oxazole rings is 1. The van der Waals surface area contributed by atoms with Crippen molar-refractivity contribution in [3.05, 3.63) is 55.6 Å². The van der Waals surface area contributed by atoms with E-state index in [1.807, 2.05) is 18.2 Å². The number of ether oxygens (including phenoxy) is 1. The Morgan fingerprint density at radius 1 is 1.16 bits per heavy atom. The molecule has 0 unspecified atom stereocenters. The van der Waals surface area contributed by atoms with Crippen molar-refractivity contribution in [2.24, 2.45) is 0 Å². The number of nitrogens with zero attached hydrogens (tertiary/aromatic N) is 3. The second kappa shape index (κ2) is 8.64. The van der Waals surface area contributed by atoms with E-state index in [0.29, 0.717) is 36.2 Å². The molecule has 31 heavy (non-hydrogen) atoms. The molecular formula is C22H23N3O4S2. The molecule has 5 rings (SSSR count). The van der Waals surface area contributed by atoms with E-state index in [0.717, 1.165) is 35.0 Å². The number of methoxy groups -OCH3 is 1. The van der Waals surface area contributed by atoms with Crippen LogP contribution in [0.15, 0.2) is 43.4 Å². The van der Waals surface area contributed by atoms with Gasteiger partial charge in [0, 0.05) is 24.3 Å². The summed E-state index contributed by atoms with van der Waals surface area (Å²) in [6.07, 6.45) is 4.29. The predicted molar refractivity (Wildman–Crippen MR) is 124 cm³/mol. The summed E-state index contributed by atoms with van der Waals surface area (Å²) in [6, 6.07) is 7.40. The van der Waals surface area contributed by atoms with Gasteiger partial charge in [-0.1, -0.05) is 23.9 Å². The third kappa shape index (κ3) is 3.75. The molecule has 0 atom stereocenters. The van der Waals surface area contributed by atoms with Crippen molar-refractivity contribution in [1.29, 1.82) is 0 Å². The van der Waals surface area contributed by atoms with Gasteiger partial charge >= 0.3 is 5.76 Å². The van der Waals surface area contributed by atoms with Crippen LogP contribution in [-0.2, 0) is 30.7 Å². The third-order valence-electron chi connectivity index (χ3n) is 5.68. The molecule has 0 saturated carbocycles. The Labute approximate surface area is 186 Å². The minimum Gasteiger partial charge on any atom is -0.408 e. The number of aromatic nitrogens is 3. The van der Waals surface area contributed by atoms with Crippen LogP contribution >= 0.6 is 23.1 Å². The lowest BCUT2D eigenvalue weighted by Gasteiger charge is -2.13. The van der Waals surface area contributed by atoms with Crippen LogP contribution in [0.1, 0.15) is 23.3 Å². The highest BCUT2D eigenvalue weighted by atomic mass is 32.2. The summed E-state index contributed by atoms with van der Waals surface area (Å²) in [5, 5.41) is 1.46. The van der Waals surface area contributed by atoms with Gasteiger partial charge in [0.15, 0.2) is 10.7 Å². The van der Waals surface area contributed by atoms with E-state index in [4.69, 9.17) is 14.1 Å². The summed E-state index contributed by atoms with van der Waals surface area (Å²) in [6.45, 7) is 1.37. The molecule has 162 valence electrons. The Morgan fingerprint density at radius 3 is 2.87 bits per heavy atom. The van der Waals surface area contributed by atoms with Crippen LogP contribution in [0.4, 0.5) is 0 Å². The molecule has 0 spiro atoms. The Kier molecular flexibility index (Phi) is 5.73. The van der Waals surface area contributed by atoms with E-state index in [1.165, 1.54) is 28.6 Å². The minimum atomic E-state index is -0.368. The lowest BCUT2D eigenvalue weighted by Crippen LogP contribution is -2.26. The maximum atomic E-state index is 13.4. The first-order chi connectivity index (χ1) is 15.2. The number of fused-ring (bicyclic) bond motifs is 4. The number of hydrogen-bond donors (Lipinski definition) is 0. The summed E-state index contributed by atoms with van der Waals surface area (Å²) >= 11 is 3.15. The summed E-state index contributed by atoms with van der Waals surface area (Å²) in [4.78, 5) is 32.6. The van der Waals surface area contributed by atoms with Crippen LogP contribution in [0.2, 0.25) is 0 Å². The molecule has 0 amide bonds. The molecule has 7 nitrogen and oxygen atoms in total. The zero-order chi connectivity index (χ0) is 21.4. The predicted octanol–water partition coefficient (Wildman–Crippen LogP) is 3.68. The fourth-order valence-electron chi connectivity index (χ4n) is 4.16. The zero-order valence-corrected chi connectivity index (χ0v) is 18.9. The Hall–Kier alpha value is -2.36. The van der Waals surface area contributed by atoms with Crippen LogP contribution in [0.5, 0.6) is 0 Å². The lowest BCUT2D eigenvalue weighted by molar-refractivity contribution is 0.183. The highest BCUT2D eigenvalue weighted by Gasteiger charge is 2.22. The van der Waals surface area contributed by atoms with E-state index in [2.05, 4.69) is 0 Å². The fraction of sp³-hybridized carbons (Fsp3) is 0.409. The molecule has 3 heterocycles. The van der Waals surface area contributed by atoms with Crippen LogP contribution in [0.25, 0.3) is 21.3 Å². The van der Waals surface area contributed by atoms with Gasteiger partial charge in [-0.25, -0.2) is 9.78 Å². The molecule has 3 aromatic heterocycles. The standard InChI is InChI=1S/C22H23N3O4S2/c1-28-12-10-25-20(26)18-14-6-2-5-9-17(14)31-19(18)23-21(25)30-13-11-24-15-7-3-4-8-16(15)29-22(24)27/h3-4,7-8H,2,5-6,9-13H2,1H3. The Balaban J connectivity index is 1.47. The molecule has 0 radical (unpaired) electrons. The molecule has 0 N–H and O–H groups in total. The monoisotopic (exact) mass is 457 g/mol. The van der Waals surface area contributed by atoms with Crippen molar-refractivity contribution in [3.63, 3.8) is 0 Å². The lowest BCUT2D eigenvalue weighted by atomic mass is 9.97. The average Bonchev–Trinajstić information content (AvgIpc) is 3.30. The van der Waals surface area contributed by atoms with E-state index < -0.39 is 0 Å². The number of hydrogen-bond acceptors (Lipinski definition) is 7. The number of thioether (sulfide) groups is 1. The van der Waals surface area contributed by atoms with E-state index in [9.17, 15) is 9.59 Å². The van der Waals surface area contributed by atoms with Gasteiger partial charge in [-0.2, -0.15) is 0 Å². The van der Waals surface area contributed by atoms with Crippen molar-refractivity contribution in [3.8, 4) is 0 Å². The largest absolute Gasteiger partial charge is 0.419 e. The van der Waals surface area contributed by atoms with Gasteiger partial charge in [-0.15, -0.1) is 11.3 Å².